The molecule has 1 heterocycles. The Balaban J connectivity index is 2.22. The van der Waals surface area contributed by atoms with Crippen LogP contribution in [0.1, 0.15) is 23.9 Å². The van der Waals surface area contributed by atoms with Crippen LogP contribution in [-0.2, 0) is 10.9 Å². The van der Waals surface area contributed by atoms with E-state index in [1.54, 1.807) is 0 Å². The number of nitrogens with two attached hydrogens (primary N) is 1. The maximum Gasteiger partial charge on any atom is 0.416 e. The minimum atomic E-state index is -4.42. The fraction of sp³-hybridized carbons (Fsp3) is 0.385. The number of benzene rings is 1. The van der Waals surface area contributed by atoms with Crippen molar-refractivity contribution in [3.8, 4) is 11.4 Å². The van der Waals surface area contributed by atoms with E-state index in [1.165, 1.54) is 19.2 Å². The second-order valence-corrected chi connectivity index (χ2v) is 4.42. The van der Waals surface area contributed by atoms with E-state index >= 15 is 0 Å². The Hall–Kier alpha value is -1.93. The van der Waals surface area contributed by atoms with Crippen LogP contribution in [0, 0.1) is 0 Å². The third kappa shape index (κ3) is 3.79. The van der Waals surface area contributed by atoms with Crippen LogP contribution >= 0.6 is 0 Å². The Labute approximate surface area is 118 Å². The molecule has 0 aliphatic carbocycles. The van der Waals surface area contributed by atoms with E-state index in [4.69, 9.17) is 15.0 Å². The second kappa shape index (κ2) is 6.23. The average molecular weight is 301 g/mol. The van der Waals surface area contributed by atoms with E-state index in [1.807, 2.05) is 0 Å². The molecule has 1 unspecified atom stereocenters. The lowest BCUT2D eigenvalue weighted by molar-refractivity contribution is -0.137. The molecule has 0 aliphatic heterocycles. The second-order valence-electron chi connectivity index (χ2n) is 4.42. The quantitative estimate of drug-likeness (QED) is 0.919. The lowest BCUT2D eigenvalue weighted by atomic mass is 10.1. The molecule has 5 nitrogen and oxygen atoms in total. The van der Waals surface area contributed by atoms with Crippen molar-refractivity contribution in [1.82, 2.24) is 10.1 Å². The molecule has 1 aromatic carbocycles. The lowest BCUT2D eigenvalue weighted by Gasteiger charge is -2.06. The molecule has 0 aliphatic rings. The highest BCUT2D eigenvalue weighted by atomic mass is 19.4. The summed E-state index contributed by atoms with van der Waals surface area (Å²) in [6.07, 6.45) is -3.95. The first-order valence-corrected chi connectivity index (χ1v) is 6.17. The lowest BCUT2D eigenvalue weighted by Crippen LogP contribution is -2.13. The number of ether oxygens (including phenoxy) is 1. The SMILES string of the molecule is COCCC(N)c1nc(-c2cccc(C(F)(F)F)c2)no1. The van der Waals surface area contributed by atoms with Crippen molar-refractivity contribution in [2.24, 2.45) is 5.73 Å². The number of rotatable bonds is 5. The molecule has 8 heteroatoms. The molecular weight excluding hydrogens is 287 g/mol. The van der Waals surface area contributed by atoms with Crippen molar-refractivity contribution in [2.45, 2.75) is 18.6 Å². The number of hydrogen-bond donors (Lipinski definition) is 1. The van der Waals surface area contributed by atoms with Crippen LogP contribution in [0.5, 0.6) is 0 Å². The number of halogens is 3. The number of methoxy groups -OCH3 is 1. The zero-order valence-electron chi connectivity index (χ0n) is 11.2. The van der Waals surface area contributed by atoms with E-state index in [9.17, 15) is 13.2 Å². The largest absolute Gasteiger partial charge is 0.416 e. The van der Waals surface area contributed by atoms with E-state index in [0.717, 1.165) is 12.1 Å². The standard InChI is InChI=1S/C13H14F3N3O2/c1-20-6-5-10(17)12-18-11(19-21-12)8-3-2-4-9(7-8)13(14,15)16/h2-4,7,10H,5-6,17H2,1H3. The van der Waals surface area contributed by atoms with Crippen LogP contribution < -0.4 is 5.73 Å². The molecule has 0 radical (unpaired) electrons. The summed E-state index contributed by atoms with van der Waals surface area (Å²) in [5.41, 5.74) is 5.27. The van der Waals surface area contributed by atoms with Gasteiger partial charge in [0.05, 0.1) is 11.6 Å². The zero-order chi connectivity index (χ0) is 15.5. The summed E-state index contributed by atoms with van der Waals surface area (Å²) >= 11 is 0. The average Bonchev–Trinajstić information content (AvgIpc) is 2.94. The molecule has 0 spiro atoms. The van der Waals surface area contributed by atoms with Crippen LogP contribution in [0.3, 0.4) is 0 Å². The number of hydrogen-bond acceptors (Lipinski definition) is 5. The molecule has 2 N–H and O–H groups in total. The maximum absolute atomic E-state index is 12.7. The van der Waals surface area contributed by atoms with Gasteiger partial charge in [-0.15, -0.1) is 0 Å². The summed E-state index contributed by atoms with van der Waals surface area (Å²) in [6, 6.07) is 4.20. The van der Waals surface area contributed by atoms with Crippen molar-refractivity contribution in [3.63, 3.8) is 0 Å². The molecule has 0 saturated carbocycles. The van der Waals surface area contributed by atoms with Gasteiger partial charge in [0.15, 0.2) is 0 Å². The van der Waals surface area contributed by atoms with Crippen LogP contribution in [0.2, 0.25) is 0 Å². The van der Waals surface area contributed by atoms with Gasteiger partial charge in [0.25, 0.3) is 0 Å². The van der Waals surface area contributed by atoms with Gasteiger partial charge in [-0.2, -0.15) is 18.2 Å². The van der Waals surface area contributed by atoms with Gasteiger partial charge in [0.2, 0.25) is 11.7 Å². The van der Waals surface area contributed by atoms with Gasteiger partial charge < -0.3 is 15.0 Å². The first kappa shape index (κ1) is 15.5. The molecule has 1 aromatic heterocycles. The van der Waals surface area contributed by atoms with Gasteiger partial charge >= 0.3 is 6.18 Å². The Morgan fingerprint density at radius 2 is 2.14 bits per heavy atom. The van der Waals surface area contributed by atoms with Gasteiger partial charge in [-0.1, -0.05) is 17.3 Å². The zero-order valence-corrected chi connectivity index (χ0v) is 11.2. The Kier molecular flexibility index (Phi) is 4.59. The van der Waals surface area contributed by atoms with Gasteiger partial charge in [-0.25, -0.2) is 0 Å². The minimum Gasteiger partial charge on any atom is -0.385 e. The predicted octanol–water partition coefficient (Wildman–Crippen LogP) is 2.79. The predicted molar refractivity (Wildman–Crippen MR) is 68.2 cm³/mol. The van der Waals surface area contributed by atoms with Crippen LogP contribution in [-0.4, -0.2) is 23.9 Å². The van der Waals surface area contributed by atoms with Crippen LogP contribution in [0.15, 0.2) is 28.8 Å². The smallest absolute Gasteiger partial charge is 0.385 e. The highest BCUT2D eigenvalue weighted by molar-refractivity contribution is 5.55. The molecule has 0 saturated heterocycles. The topological polar surface area (TPSA) is 74.2 Å². The number of alkyl halides is 3. The van der Waals surface area contributed by atoms with Gasteiger partial charge in [-0.3, -0.25) is 0 Å². The summed E-state index contributed by atoms with van der Waals surface area (Å²) < 4.78 is 47.8. The third-order valence-electron chi connectivity index (χ3n) is 2.84. The molecule has 0 fully saturated rings. The van der Waals surface area contributed by atoms with Crippen molar-refractivity contribution < 1.29 is 22.4 Å². The van der Waals surface area contributed by atoms with Crippen LogP contribution in [0.4, 0.5) is 13.2 Å². The Bertz CT molecular complexity index is 598. The Morgan fingerprint density at radius 1 is 1.38 bits per heavy atom. The summed E-state index contributed by atoms with van der Waals surface area (Å²) in [6.45, 7) is 0.419. The van der Waals surface area contributed by atoms with E-state index in [0.29, 0.717) is 13.0 Å². The molecular formula is C13H14F3N3O2. The molecule has 0 amide bonds. The summed E-state index contributed by atoms with van der Waals surface area (Å²) in [4.78, 5) is 4.03. The normalized spacial score (nSPS) is 13.4. The summed E-state index contributed by atoms with van der Waals surface area (Å²) in [5, 5.41) is 3.66. The van der Waals surface area contributed by atoms with Gasteiger partial charge in [0, 0.05) is 19.3 Å². The highest BCUT2D eigenvalue weighted by Gasteiger charge is 2.30. The number of nitrogens with zero attached hydrogens (tertiary/aromatic N) is 2. The molecule has 2 aromatic rings. The van der Waals surface area contributed by atoms with Crippen molar-refractivity contribution in [1.29, 1.82) is 0 Å². The molecule has 21 heavy (non-hydrogen) atoms. The first-order chi connectivity index (χ1) is 9.91. The number of aromatic nitrogens is 2. The van der Waals surface area contributed by atoms with Crippen LogP contribution in [0.25, 0.3) is 11.4 Å². The van der Waals surface area contributed by atoms with Crippen molar-refractivity contribution >= 4 is 0 Å². The fourth-order valence-electron chi connectivity index (χ4n) is 1.71. The fourth-order valence-corrected chi connectivity index (χ4v) is 1.71. The minimum absolute atomic E-state index is 0.0731. The monoisotopic (exact) mass is 301 g/mol. The molecule has 114 valence electrons. The summed E-state index contributed by atoms with van der Waals surface area (Å²) in [5.74, 6) is 0.239. The molecule has 1 atom stereocenters. The molecule has 2 rings (SSSR count). The van der Waals surface area contributed by atoms with E-state index < -0.39 is 17.8 Å². The third-order valence-corrected chi connectivity index (χ3v) is 2.84. The summed E-state index contributed by atoms with van der Waals surface area (Å²) in [7, 11) is 1.54. The Morgan fingerprint density at radius 3 is 2.81 bits per heavy atom. The van der Waals surface area contributed by atoms with E-state index in [2.05, 4.69) is 10.1 Å². The first-order valence-electron chi connectivity index (χ1n) is 6.17. The van der Waals surface area contributed by atoms with E-state index in [-0.39, 0.29) is 17.3 Å². The highest BCUT2D eigenvalue weighted by Crippen LogP contribution is 2.31. The molecule has 0 bridgehead atoms. The van der Waals surface area contributed by atoms with Crippen molar-refractivity contribution in [3.05, 3.63) is 35.7 Å². The maximum atomic E-state index is 12.7. The van der Waals surface area contributed by atoms with Gasteiger partial charge in [0.1, 0.15) is 0 Å². The van der Waals surface area contributed by atoms with Gasteiger partial charge in [-0.05, 0) is 18.6 Å². The van der Waals surface area contributed by atoms with Crippen molar-refractivity contribution in [2.75, 3.05) is 13.7 Å².